The largest absolute Gasteiger partial charge is 0.493 e. The number of aromatic nitrogens is 2. The number of nitrogens with one attached hydrogen (secondary N) is 1. The molecule has 0 aliphatic rings. The fraction of sp³-hybridized carbons (Fsp3) is 0.182. The SMILES string of the molecule is C=CCOc1ccc(C(=O)Nc2cc(C)nn2Cc2ccccc2)cc1OC. The first-order chi connectivity index (χ1) is 13.6. The highest BCUT2D eigenvalue weighted by Gasteiger charge is 2.14. The van der Waals surface area contributed by atoms with Crippen LogP contribution in [-0.4, -0.2) is 29.4 Å². The molecule has 0 spiro atoms. The van der Waals surface area contributed by atoms with Crippen LogP contribution in [0.1, 0.15) is 21.6 Å². The zero-order chi connectivity index (χ0) is 19.9. The quantitative estimate of drug-likeness (QED) is 0.601. The summed E-state index contributed by atoms with van der Waals surface area (Å²) in [5, 5.41) is 7.41. The molecule has 3 aromatic rings. The van der Waals surface area contributed by atoms with Crippen LogP contribution in [0.3, 0.4) is 0 Å². The molecule has 1 amide bonds. The van der Waals surface area contributed by atoms with Crippen LogP contribution in [-0.2, 0) is 6.54 Å². The second-order valence-corrected chi connectivity index (χ2v) is 6.23. The van der Waals surface area contributed by atoms with Gasteiger partial charge in [0, 0.05) is 11.6 Å². The van der Waals surface area contributed by atoms with Crippen LogP contribution in [0, 0.1) is 6.92 Å². The average Bonchev–Trinajstić information content (AvgIpc) is 3.05. The predicted octanol–water partition coefficient (Wildman–Crippen LogP) is 4.07. The lowest BCUT2D eigenvalue weighted by molar-refractivity contribution is 0.102. The lowest BCUT2D eigenvalue weighted by Gasteiger charge is -2.12. The van der Waals surface area contributed by atoms with Crippen molar-refractivity contribution in [3.8, 4) is 11.5 Å². The number of amides is 1. The fourth-order valence-electron chi connectivity index (χ4n) is 2.79. The molecule has 0 radical (unpaired) electrons. The minimum atomic E-state index is -0.247. The number of benzene rings is 2. The topological polar surface area (TPSA) is 65.4 Å². The van der Waals surface area contributed by atoms with E-state index in [4.69, 9.17) is 9.47 Å². The summed E-state index contributed by atoms with van der Waals surface area (Å²) in [6, 6.07) is 16.9. The van der Waals surface area contributed by atoms with Gasteiger partial charge in [0.15, 0.2) is 11.5 Å². The maximum absolute atomic E-state index is 12.8. The van der Waals surface area contributed by atoms with Gasteiger partial charge in [0.25, 0.3) is 5.91 Å². The Hall–Kier alpha value is -3.54. The van der Waals surface area contributed by atoms with Crippen molar-refractivity contribution in [3.63, 3.8) is 0 Å². The molecule has 144 valence electrons. The van der Waals surface area contributed by atoms with Crippen molar-refractivity contribution in [3.05, 3.63) is 84.1 Å². The summed E-state index contributed by atoms with van der Waals surface area (Å²) in [7, 11) is 1.54. The minimum absolute atomic E-state index is 0.247. The van der Waals surface area contributed by atoms with E-state index in [0.29, 0.717) is 36.0 Å². The Labute approximate surface area is 164 Å². The normalized spacial score (nSPS) is 10.4. The van der Waals surface area contributed by atoms with E-state index < -0.39 is 0 Å². The second-order valence-electron chi connectivity index (χ2n) is 6.23. The van der Waals surface area contributed by atoms with E-state index in [9.17, 15) is 4.79 Å². The van der Waals surface area contributed by atoms with E-state index in [1.54, 1.807) is 29.0 Å². The van der Waals surface area contributed by atoms with Gasteiger partial charge in [0.05, 0.1) is 19.3 Å². The Kier molecular flexibility index (Phi) is 6.11. The molecule has 0 fully saturated rings. The summed E-state index contributed by atoms with van der Waals surface area (Å²) in [4.78, 5) is 12.8. The maximum Gasteiger partial charge on any atom is 0.256 e. The molecule has 0 atom stereocenters. The van der Waals surface area contributed by atoms with Crippen LogP contribution in [0.4, 0.5) is 5.82 Å². The van der Waals surface area contributed by atoms with Gasteiger partial charge in [-0.05, 0) is 30.7 Å². The van der Waals surface area contributed by atoms with Gasteiger partial charge in [0.2, 0.25) is 0 Å². The Morgan fingerprint density at radius 1 is 1.18 bits per heavy atom. The number of carbonyl (C=O) groups is 1. The molecule has 0 saturated heterocycles. The molecule has 3 rings (SSSR count). The maximum atomic E-state index is 12.8. The van der Waals surface area contributed by atoms with Gasteiger partial charge in [-0.15, -0.1) is 0 Å². The highest BCUT2D eigenvalue weighted by molar-refractivity contribution is 6.04. The summed E-state index contributed by atoms with van der Waals surface area (Å²) in [6.45, 7) is 6.45. The Balaban J connectivity index is 1.79. The Bertz CT molecular complexity index is 964. The molecule has 1 heterocycles. The zero-order valence-electron chi connectivity index (χ0n) is 16.0. The predicted molar refractivity (Wildman–Crippen MR) is 109 cm³/mol. The molecule has 2 aromatic carbocycles. The molecule has 0 saturated carbocycles. The molecule has 0 aliphatic carbocycles. The van der Waals surface area contributed by atoms with Crippen molar-refractivity contribution in [1.82, 2.24) is 9.78 Å². The number of ether oxygens (including phenoxy) is 2. The number of nitrogens with zero attached hydrogens (tertiary/aromatic N) is 2. The summed E-state index contributed by atoms with van der Waals surface area (Å²) >= 11 is 0. The van der Waals surface area contributed by atoms with Gasteiger partial charge in [-0.25, -0.2) is 4.68 Å². The van der Waals surface area contributed by atoms with Crippen LogP contribution >= 0.6 is 0 Å². The van der Waals surface area contributed by atoms with Crippen LogP contribution in [0.2, 0.25) is 0 Å². The average molecular weight is 377 g/mol. The van der Waals surface area contributed by atoms with Crippen molar-refractivity contribution in [2.24, 2.45) is 0 Å². The van der Waals surface area contributed by atoms with E-state index in [1.807, 2.05) is 43.3 Å². The van der Waals surface area contributed by atoms with Crippen LogP contribution in [0.25, 0.3) is 0 Å². The highest BCUT2D eigenvalue weighted by atomic mass is 16.5. The van der Waals surface area contributed by atoms with Crippen molar-refractivity contribution < 1.29 is 14.3 Å². The summed E-state index contributed by atoms with van der Waals surface area (Å²) in [5.74, 6) is 1.44. The number of rotatable bonds is 8. The van der Waals surface area contributed by atoms with Crippen molar-refractivity contribution in [2.45, 2.75) is 13.5 Å². The van der Waals surface area contributed by atoms with E-state index in [1.165, 1.54) is 7.11 Å². The lowest BCUT2D eigenvalue weighted by atomic mass is 10.2. The number of aryl methyl sites for hydroxylation is 1. The standard InChI is InChI=1S/C22H23N3O3/c1-4-12-28-19-11-10-18(14-20(19)27-3)22(26)23-21-13-16(2)24-25(21)15-17-8-6-5-7-9-17/h4-11,13-14H,1,12,15H2,2-3H3,(H,23,26). The first kappa shape index (κ1) is 19.2. The number of methoxy groups -OCH3 is 1. The van der Waals surface area contributed by atoms with Crippen molar-refractivity contribution >= 4 is 11.7 Å². The van der Waals surface area contributed by atoms with Gasteiger partial charge in [-0.2, -0.15) is 5.10 Å². The van der Waals surface area contributed by atoms with Crippen LogP contribution in [0.15, 0.2) is 67.3 Å². The monoisotopic (exact) mass is 377 g/mol. The van der Waals surface area contributed by atoms with Crippen molar-refractivity contribution in [1.29, 1.82) is 0 Å². The molecule has 6 heteroatoms. The zero-order valence-corrected chi connectivity index (χ0v) is 16.0. The Morgan fingerprint density at radius 2 is 1.96 bits per heavy atom. The van der Waals surface area contributed by atoms with Crippen LogP contribution < -0.4 is 14.8 Å². The molecule has 6 nitrogen and oxygen atoms in total. The van der Waals surface area contributed by atoms with Gasteiger partial charge >= 0.3 is 0 Å². The molecule has 0 aliphatic heterocycles. The van der Waals surface area contributed by atoms with Gasteiger partial charge < -0.3 is 14.8 Å². The number of carbonyl (C=O) groups excluding carboxylic acids is 1. The lowest BCUT2D eigenvalue weighted by Crippen LogP contribution is -2.16. The van der Waals surface area contributed by atoms with E-state index in [0.717, 1.165) is 11.3 Å². The summed E-state index contributed by atoms with van der Waals surface area (Å²) < 4.78 is 12.6. The van der Waals surface area contributed by atoms with Crippen LogP contribution in [0.5, 0.6) is 11.5 Å². The number of hydrogen-bond donors (Lipinski definition) is 1. The molecular weight excluding hydrogens is 354 g/mol. The molecular formula is C22H23N3O3. The fourth-order valence-corrected chi connectivity index (χ4v) is 2.79. The molecule has 1 aromatic heterocycles. The smallest absolute Gasteiger partial charge is 0.256 e. The third-order valence-electron chi connectivity index (χ3n) is 4.10. The Morgan fingerprint density at radius 3 is 2.68 bits per heavy atom. The number of anilines is 1. The van der Waals surface area contributed by atoms with Gasteiger partial charge in [0.1, 0.15) is 12.4 Å². The minimum Gasteiger partial charge on any atom is -0.493 e. The molecule has 28 heavy (non-hydrogen) atoms. The summed E-state index contributed by atoms with van der Waals surface area (Å²) in [6.07, 6.45) is 1.65. The van der Waals surface area contributed by atoms with Gasteiger partial charge in [-0.3, -0.25) is 4.79 Å². The third kappa shape index (κ3) is 4.59. The first-order valence-corrected chi connectivity index (χ1v) is 8.92. The van der Waals surface area contributed by atoms with E-state index in [2.05, 4.69) is 17.0 Å². The first-order valence-electron chi connectivity index (χ1n) is 8.92. The summed E-state index contributed by atoms with van der Waals surface area (Å²) in [5.41, 5.74) is 2.40. The van der Waals surface area contributed by atoms with E-state index >= 15 is 0 Å². The molecule has 0 unspecified atom stereocenters. The van der Waals surface area contributed by atoms with Crippen molar-refractivity contribution in [2.75, 3.05) is 19.0 Å². The third-order valence-corrected chi connectivity index (χ3v) is 4.10. The number of hydrogen-bond acceptors (Lipinski definition) is 4. The molecule has 1 N–H and O–H groups in total. The highest BCUT2D eigenvalue weighted by Crippen LogP contribution is 2.28. The molecule has 0 bridgehead atoms. The second kappa shape index (κ2) is 8.90. The van der Waals surface area contributed by atoms with E-state index in [-0.39, 0.29) is 5.91 Å². The van der Waals surface area contributed by atoms with Gasteiger partial charge in [-0.1, -0.05) is 43.0 Å².